The van der Waals surface area contributed by atoms with E-state index in [1.807, 2.05) is 60.8 Å². The molecule has 4 nitrogen and oxygen atoms in total. The first-order valence-electron chi connectivity index (χ1n) is 11.5. The van der Waals surface area contributed by atoms with Crippen molar-refractivity contribution in [3.8, 4) is 6.07 Å². The SMILES string of the molecule is CC(O)(c1ccc(C#N)cc1)c1cn(C(c2ccccc2)(c2ccccc2)c2ccccc2)cn1. The second-order valence-electron chi connectivity index (χ2n) is 8.74. The molecule has 1 unspecified atom stereocenters. The molecule has 5 rings (SSSR count). The third-order valence-corrected chi connectivity index (χ3v) is 6.62. The molecule has 1 N–H and O–H groups in total. The van der Waals surface area contributed by atoms with Crippen LogP contribution in [-0.2, 0) is 11.1 Å². The fourth-order valence-corrected chi connectivity index (χ4v) is 4.76. The van der Waals surface area contributed by atoms with Crippen LogP contribution in [0.2, 0.25) is 0 Å². The van der Waals surface area contributed by atoms with E-state index in [1.165, 1.54) is 0 Å². The molecule has 0 spiro atoms. The maximum Gasteiger partial charge on any atom is 0.130 e. The molecule has 1 atom stereocenters. The normalized spacial score (nSPS) is 13.1. The minimum Gasteiger partial charge on any atom is -0.379 e. The first-order valence-corrected chi connectivity index (χ1v) is 11.5. The van der Waals surface area contributed by atoms with Gasteiger partial charge in [-0.1, -0.05) is 103 Å². The van der Waals surface area contributed by atoms with Gasteiger partial charge in [0.1, 0.15) is 11.1 Å². The molecule has 0 aliphatic carbocycles. The number of nitrogens with zero attached hydrogens (tertiary/aromatic N) is 3. The Morgan fingerprint density at radius 2 is 1.14 bits per heavy atom. The van der Waals surface area contributed by atoms with Gasteiger partial charge in [0.05, 0.1) is 23.7 Å². The summed E-state index contributed by atoms with van der Waals surface area (Å²) >= 11 is 0. The van der Waals surface area contributed by atoms with Crippen molar-refractivity contribution in [2.24, 2.45) is 0 Å². The molecule has 170 valence electrons. The Hall–Kier alpha value is -4.46. The van der Waals surface area contributed by atoms with Crippen LogP contribution in [0.15, 0.2) is 128 Å². The lowest BCUT2D eigenvalue weighted by molar-refractivity contribution is 0.0977. The maximum absolute atomic E-state index is 11.6. The van der Waals surface area contributed by atoms with Crippen molar-refractivity contribution in [1.29, 1.82) is 5.26 Å². The van der Waals surface area contributed by atoms with E-state index in [0.717, 1.165) is 16.7 Å². The minimum absolute atomic E-state index is 0.523. The van der Waals surface area contributed by atoms with Gasteiger partial charge in [-0.15, -0.1) is 0 Å². The zero-order valence-corrected chi connectivity index (χ0v) is 19.4. The Morgan fingerprint density at radius 1 is 0.686 bits per heavy atom. The summed E-state index contributed by atoms with van der Waals surface area (Å²) in [6.45, 7) is 1.73. The summed E-state index contributed by atoms with van der Waals surface area (Å²) in [4.78, 5) is 4.70. The van der Waals surface area contributed by atoms with Crippen molar-refractivity contribution >= 4 is 0 Å². The van der Waals surface area contributed by atoms with Crippen LogP contribution in [0.1, 0.15) is 40.4 Å². The number of aliphatic hydroxyl groups is 1. The zero-order valence-electron chi connectivity index (χ0n) is 19.4. The van der Waals surface area contributed by atoms with Crippen LogP contribution in [0.3, 0.4) is 0 Å². The van der Waals surface area contributed by atoms with Crippen LogP contribution in [0.4, 0.5) is 0 Å². The van der Waals surface area contributed by atoms with E-state index in [1.54, 1.807) is 37.5 Å². The summed E-state index contributed by atoms with van der Waals surface area (Å²) in [5.74, 6) is 0. The predicted molar refractivity (Wildman–Crippen MR) is 137 cm³/mol. The van der Waals surface area contributed by atoms with Crippen LogP contribution >= 0.6 is 0 Å². The molecule has 5 aromatic rings. The van der Waals surface area contributed by atoms with Gasteiger partial charge < -0.3 is 9.67 Å². The van der Waals surface area contributed by atoms with E-state index >= 15 is 0 Å². The smallest absolute Gasteiger partial charge is 0.130 e. The van der Waals surface area contributed by atoms with Gasteiger partial charge in [-0.25, -0.2) is 4.98 Å². The van der Waals surface area contributed by atoms with Gasteiger partial charge in [0.2, 0.25) is 0 Å². The van der Waals surface area contributed by atoms with Crippen molar-refractivity contribution in [2.75, 3.05) is 0 Å². The molecule has 0 aliphatic rings. The van der Waals surface area contributed by atoms with E-state index < -0.39 is 11.1 Å². The van der Waals surface area contributed by atoms with Crippen molar-refractivity contribution < 1.29 is 5.11 Å². The highest BCUT2D eigenvalue weighted by Crippen LogP contribution is 2.41. The first-order chi connectivity index (χ1) is 17.1. The van der Waals surface area contributed by atoms with E-state index in [2.05, 4.69) is 47.0 Å². The standard InChI is InChI=1S/C31H25N3O/c1-30(35,25-19-17-24(21-32)18-20-25)29-22-34(23-33-29)31(26-11-5-2-6-12-26,27-13-7-3-8-14-27)28-15-9-4-10-16-28/h2-20,22-23,35H,1H3. The zero-order chi connectivity index (χ0) is 24.3. The topological polar surface area (TPSA) is 61.8 Å². The molecule has 0 aliphatic heterocycles. The lowest BCUT2D eigenvalue weighted by Gasteiger charge is -2.37. The Kier molecular flexibility index (Phi) is 5.78. The molecule has 0 fully saturated rings. The molecule has 0 bridgehead atoms. The van der Waals surface area contributed by atoms with Crippen molar-refractivity contribution in [3.05, 3.63) is 161 Å². The third-order valence-electron chi connectivity index (χ3n) is 6.62. The number of benzene rings is 4. The van der Waals surface area contributed by atoms with Crippen LogP contribution in [-0.4, -0.2) is 14.7 Å². The van der Waals surface area contributed by atoms with Crippen LogP contribution in [0.5, 0.6) is 0 Å². The van der Waals surface area contributed by atoms with E-state index in [0.29, 0.717) is 16.8 Å². The van der Waals surface area contributed by atoms with Crippen molar-refractivity contribution in [1.82, 2.24) is 9.55 Å². The summed E-state index contributed by atoms with van der Waals surface area (Å²) in [5.41, 5.74) is 2.95. The number of hydrogen-bond acceptors (Lipinski definition) is 3. The van der Waals surface area contributed by atoms with Crippen LogP contribution < -0.4 is 0 Å². The van der Waals surface area contributed by atoms with E-state index in [-0.39, 0.29) is 0 Å². The van der Waals surface area contributed by atoms with E-state index in [4.69, 9.17) is 10.2 Å². The molecule has 4 aromatic carbocycles. The highest BCUT2D eigenvalue weighted by atomic mass is 16.3. The summed E-state index contributed by atoms with van der Waals surface area (Å²) in [5, 5.41) is 20.7. The van der Waals surface area contributed by atoms with Crippen LogP contribution in [0.25, 0.3) is 0 Å². The number of imidazole rings is 1. The van der Waals surface area contributed by atoms with Crippen molar-refractivity contribution in [3.63, 3.8) is 0 Å². The first kappa shape index (κ1) is 22.3. The second-order valence-corrected chi connectivity index (χ2v) is 8.74. The maximum atomic E-state index is 11.6. The quantitative estimate of drug-likeness (QED) is 0.327. The average molecular weight is 456 g/mol. The third kappa shape index (κ3) is 3.82. The predicted octanol–water partition coefficient (Wildman–Crippen LogP) is 5.85. The molecule has 0 amide bonds. The molecule has 35 heavy (non-hydrogen) atoms. The highest BCUT2D eigenvalue weighted by molar-refractivity contribution is 5.51. The molecule has 0 saturated carbocycles. The summed E-state index contributed by atoms with van der Waals surface area (Å²) in [7, 11) is 0. The number of hydrogen-bond donors (Lipinski definition) is 1. The van der Waals surface area contributed by atoms with Gasteiger partial charge in [0, 0.05) is 6.20 Å². The lowest BCUT2D eigenvalue weighted by atomic mass is 9.76. The molecular formula is C31H25N3O. The van der Waals surface area contributed by atoms with Crippen LogP contribution in [0, 0.1) is 11.3 Å². The number of rotatable bonds is 6. The lowest BCUT2D eigenvalue weighted by Crippen LogP contribution is -2.37. The van der Waals surface area contributed by atoms with Gasteiger partial charge in [-0.3, -0.25) is 0 Å². The summed E-state index contributed by atoms with van der Waals surface area (Å²) < 4.78 is 2.08. The second kappa shape index (κ2) is 9.06. The van der Waals surface area contributed by atoms with E-state index in [9.17, 15) is 5.11 Å². The molecule has 1 heterocycles. The number of nitriles is 1. The molecule has 0 saturated heterocycles. The monoisotopic (exact) mass is 455 g/mol. The van der Waals surface area contributed by atoms with Gasteiger partial charge in [-0.2, -0.15) is 5.26 Å². The fraction of sp³-hybridized carbons (Fsp3) is 0.0968. The summed E-state index contributed by atoms with van der Waals surface area (Å²) in [6.07, 6.45) is 3.71. The largest absolute Gasteiger partial charge is 0.379 e. The number of aromatic nitrogens is 2. The Balaban J connectivity index is 1.74. The Labute approximate surface area is 205 Å². The van der Waals surface area contributed by atoms with Gasteiger partial charge in [-0.05, 0) is 41.3 Å². The average Bonchev–Trinajstić information content (AvgIpc) is 3.43. The molecular weight excluding hydrogens is 430 g/mol. The van der Waals surface area contributed by atoms with Gasteiger partial charge in [0.15, 0.2) is 0 Å². The Morgan fingerprint density at radius 3 is 1.57 bits per heavy atom. The summed E-state index contributed by atoms with van der Waals surface area (Å²) in [6, 6.07) is 40.1. The minimum atomic E-state index is -1.34. The highest BCUT2D eigenvalue weighted by Gasteiger charge is 2.39. The van der Waals surface area contributed by atoms with Gasteiger partial charge >= 0.3 is 0 Å². The molecule has 1 aromatic heterocycles. The fourth-order valence-electron chi connectivity index (χ4n) is 4.76. The van der Waals surface area contributed by atoms with Crippen molar-refractivity contribution in [2.45, 2.75) is 18.1 Å². The molecule has 4 heteroatoms. The van der Waals surface area contributed by atoms with Gasteiger partial charge in [0.25, 0.3) is 0 Å². The Bertz CT molecular complexity index is 1350. The molecule has 0 radical (unpaired) electrons.